The Morgan fingerprint density at radius 3 is 2.79 bits per heavy atom. The zero-order valence-corrected chi connectivity index (χ0v) is 10.5. The molecule has 0 bridgehead atoms. The Bertz CT molecular complexity index is 313. The van der Waals surface area contributed by atoms with Crippen molar-refractivity contribution < 1.29 is 0 Å². The van der Waals surface area contributed by atoms with Gasteiger partial charge in [-0.15, -0.1) is 0 Å². The number of hydrogen-bond acceptors (Lipinski definition) is 0. The molecule has 0 heterocycles. The molecule has 0 unspecified atom stereocenters. The van der Waals surface area contributed by atoms with E-state index >= 15 is 0 Å². The third kappa shape index (κ3) is 3.30. The summed E-state index contributed by atoms with van der Waals surface area (Å²) in [5.74, 6) is 0. The summed E-state index contributed by atoms with van der Waals surface area (Å²) in [4.78, 5) is 0. The molecule has 0 spiro atoms. The highest BCUT2D eigenvalue weighted by atomic mass is 79.9. The summed E-state index contributed by atoms with van der Waals surface area (Å²) in [5.41, 5.74) is 4.11. The van der Waals surface area contributed by atoms with Gasteiger partial charge in [0.25, 0.3) is 0 Å². The van der Waals surface area contributed by atoms with Gasteiger partial charge < -0.3 is 0 Å². The molecule has 0 nitrogen and oxygen atoms in total. The van der Waals surface area contributed by atoms with Crippen LogP contribution in [0.1, 0.15) is 30.0 Å². The molecule has 1 heteroatoms. The van der Waals surface area contributed by atoms with E-state index < -0.39 is 0 Å². The van der Waals surface area contributed by atoms with Crippen LogP contribution in [0.15, 0.2) is 24.3 Å². The van der Waals surface area contributed by atoms with Crippen LogP contribution < -0.4 is 0 Å². The van der Waals surface area contributed by atoms with Crippen LogP contribution in [0, 0.1) is 6.92 Å². The maximum atomic E-state index is 3.46. The summed E-state index contributed by atoms with van der Waals surface area (Å²) in [7, 11) is 0. The third-order valence-electron chi connectivity index (χ3n) is 2.26. The zero-order valence-electron chi connectivity index (χ0n) is 8.89. The quantitative estimate of drug-likeness (QED) is 0.699. The van der Waals surface area contributed by atoms with E-state index in [4.69, 9.17) is 0 Å². The van der Waals surface area contributed by atoms with Gasteiger partial charge in [0, 0.05) is 5.33 Å². The molecule has 1 aromatic carbocycles. The van der Waals surface area contributed by atoms with E-state index in [1.54, 1.807) is 0 Å². The molecule has 0 atom stereocenters. The van der Waals surface area contributed by atoms with Crippen LogP contribution in [0.25, 0.3) is 6.08 Å². The van der Waals surface area contributed by atoms with Crippen molar-refractivity contribution in [2.75, 3.05) is 5.33 Å². The van der Waals surface area contributed by atoms with Crippen molar-refractivity contribution in [3.63, 3.8) is 0 Å². The molecule has 0 aliphatic rings. The van der Waals surface area contributed by atoms with Gasteiger partial charge in [-0.25, -0.2) is 0 Å². The number of allylic oxidation sites excluding steroid dienone is 1. The number of hydrogen-bond donors (Lipinski definition) is 0. The first-order chi connectivity index (χ1) is 6.77. The van der Waals surface area contributed by atoms with Gasteiger partial charge in [0.15, 0.2) is 0 Å². The fourth-order valence-electron chi connectivity index (χ4n) is 1.38. The van der Waals surface area contributed by atoms with E-state index in [1.165, 1.54) is 16.7 Å². The lowest BCUT2D eigenvalue weighted by Gasteiger charge is -2.04. The van der Waals surface area contributed by atoms with Crippen LogP contribution in [0.5, 0.6) is 0 Å². The van der Waals surface area contributed by atoms with Crippen molar-refractivity contribution in [3.05, 3.63) is 41.0 Å². The monoisotopic (exact) mass is 252 g/mol. The molecule has 1 rings (SSSR count). The number of aryl methyl sites for hydroxylation is 2. The molecule has 0 amide bonds. The lowest BCUT2D eigenvalue weighted by molar-refractivity contribution is 1.16. The van der Waals surface area contributed by atoms with Crippen LogP contribution in [0.4, 0.5) is 0 Å². The van der Waals surface area contributed by atoms with Crippen molar-refractivity contribution in [3.8, 4) is 0 Å². The molecule has 76 valence electrons. The van der Waals surface area contributed by atoms with Crippen LogP contribution in [-0.2, 0) is 6.42 Å². The van der Waals surface area contributed by atoms with E-state index in [9.17, 15) is 0 Å². The summed E-state index contributed by atoms with van der Waals surface area (Å²) in [5, 5.41) is 1.03. The van der Waals surface area contributed by atoms with Crippen molar-refractivity contribution in [1.82, 2.24) is 0 Å². The summed E-state index contributed by atoms with van der Waals surface area (Å²) in [6.07, 6.45) is 6.63. The van der Waals surface area contributed by atoms with Gasteiger partial charge in [0.1, 0.15) is 0 Å². The van der Waals surface area contributed by atoms with Gasteiger partial charge in [0.2, 0.25) is 0 Å². The summed E-state index contributed by atoms with van der Waals surface area (Å²) in [6, 6.07) is 6.69. The lowest BCUT2D eigenvalue weighted by atomic mass is 10.0. The Balaban J connectivity index is 2.90. The van der Waals surface area contributed by atoms with Crippen molar-refractivity contribution in [1.29, 1.82) is 0 Å². The van der Waals surface area contributed by atoms with Gasteiger partial charge in [-0.05, 0) is 36.5 Å². The van der Waals surface area contributed by atoms with Crippen LogP contribution >= 0.6 is 15.9 Å². The highest BCUT2D eigenvalue weighted by molar-refractivity contribution is 9.09. The standard InChI is InChI=1S/C13H17Br/c1-3-4-5-13-10-12(8-9-14)7-6-11(13)2/h4-7,10H,3,8-9H2,1-2H3/b5-4-. The predicted molar refractivity (Wildman–Crippen MR) is 68.0 cm³/mol. The van der Waals surface area contributed by atoms with E-state index in [0.29, 0.717) is 0 Å². The van der Waals surface area contributed by atoms with Crippen LogP contribution in [-0.4, -0.2) is 5.33 Å². The molecule has 0 aromatic heterocycles. The van der Waals surface area contributed by atoms with Gasteiger partial charge >= 0.3 is 0 Å². The molecule has 0 N–H and O–H groups in total. The Hall–Kier alpha value is -0.560. The van der Waals surface area contributed by atoms with Gasteiger partial charge in [-0.2, -0.15) is 0 Å². The Morgan fingerprint density at radius 2 is 2.14 bits per heavy atom. The molecule has 0 radical (unpaired) electrons. The topological polar surface area (TPSA) is 0 Å². The second-order valence-electron chi connectivity index (χ2n) is 3.44. The lowest BCUT2D eigenvalue weighted by Crippen LogP contribution is -1.88. The smallest absolute Gasteiger partial charge is 0.00718 e. The molecule has 1 aromatic rings. The van der Waals surface area contributed by atoms with E-state index in [0.717, 1.165) is 18.2 Å². The summed E-state index contributed by atoms with van der Waals surface area (Å²) < 4.78 is 0. The van der Waals surface area contributed by atoms with Gasteiger partial charge in [-0.1, -0.05) is 53.2 Å². The number of halogens is 1. The predicted octanol–water partition coefficient (Wildman–Crippen LogP) is 4.36. The molecule has 0 aliphatic heterocycles. The zero-order chi connectivity index (χ0) is 10.4. The molecular weight excluding hydrogens is 236 g/mol. The van der Waals surface area contributed by atoms with Gasteiger partial charge in [-0.3, -0.25) is 0 Å². The van der Waals surface area contributed by atoms with Crippen molar-refractivity contribution in [2.24, 2.45) is 0 Å². The highest BCUT2D eigenvalue weighted by Gasteiger charge is 1.96. The summed E-state index contributed by atoms with van der Waals surface area (Å²) >= 11 is 3.46. The normalized spacial score (nSPS) is 11.1. The first-order valence-electron chi connectivity index (χ1n) is 5.10. The van der Waals surface area contributed by atoms with Gasteiger partial charge in [0.05, 0.1) is 0 Å². The van der Waals surface area contributed by atoms with E-state index in [1.807, 2.05) is 0 Å². The summed E-state index contributed by atoms with van der Waals surface area (Å²) in [6.45, 7) is 4.32. The number of benzene rings is 1. The molecule has 14 heavy (non-hydrogen) atoms. The second-order valence-corrected chi connectivity index (χ2v) is 4.23. The molecule has 0 saturated carbocycles. The Morgan fingerprint density at radius 1 is 1.36 bits per heavy atom. The molecule has 0 saturated heterocycles. The average Bonchev–Trinajstić information content (AvgIpc) is 2.19. The minimum Gasteiger partial charge on any atom is -0.0924 e. The Kier molecular flexibility index (Phi) is 4.95. The first kappa shape index (κ1) is 11.5. The minimum absolute atomic E-state index is 1.03. The van der Waals surface area contributed by atoms with Crippen LogP contribution in [0.3, 0.4) is 0 Å². The van der Waals surface area contributed by atoms with Crippen LogP contribution in [0.2, 0.25) is 0 Å². The maximum Gasteiger partial charge on any atom is 0.00718 e. The molecule has 0 aliphatic carbocycles. The van der Waals surface area contributed by atoms with Crippen molar-refractivity contribution in [2.45, 2.75) is 26.7 Å². The SMILES string of the molecule is CC/C=C\c1cc(CCBr)ccc1C. The maximum absolute atomic E-state index is 3.46. The Labute approximate surface area is 95.2 Å². The highest BCUT2D eigenvalue weighted by Crippen LogP contribution is 2.14. The fourth-order valence-corrected chi connectivity index (χ4v) is 1.84. The second kappa shape index (κ2) is 6.02. The number of rotatable bonds is 4. The minimum atomic E-state index is 1.03. The first-order valence-corrected chi connectivity index (χ1v) is 6.22. The van der Waals surface area contributed by atoms with Crippen molar-refractivity contribution >= 4 is 22.0 Å². The largest absolute Gasteiger partial charge is 0.0924 e. The average molecular weight is 253 g/mol. The molecular formula is C13H17Br. The van der Waals surface area contributed by atoms with E-state index in [2.05, 4.69) is 60.1 Å². The van der Waals surface area contributed by atoms with E-state index in [-0.39, 0.29) is 0 Å². The molecule has 0 fully saturated rings. The third-order valence-corrected chi connectivity index (χ3v) is 2.66. The fraction of sp³-hybridized carbons (Fsp3) is 0.385. The number of alkyl halides is 1.